The molecule has 0 saturated heterocycles. The highest BCUT2D eigenvalue weighted by molar-refractivity contribution is 7.12. The van der Waals surface area contributed by atoms with Crippen LogP contribution in [0, 0.1) is 6.92 Å². The molecule has 2 amide bonds. The summed E-state index contributed by atoms with van der Waals surface area (Å²) < 4.78 is 0. The standard InChI is InChI=1S/C8H9ClN2O2S/c1-5-2-6(14-4-5)8(13)11(10)7(12)3-9/h2,4H,3,10H2,1H3. The molecule has 0 aromatic carbocycles. The van der Waals surface area contributed by atoms with E-state index in [1.165, 1.54) is 11.3 Å². The maximum atomic E-state index is 11.5. The third kappa shape index (κ3) is 2.31. The monoisotopic (exact) mass is 232 g/mol. The van der Waals surface area contributed by atoms with Crippen LogP contribution in [0.5, 0.6) is 0 Å². The highest BCUT2D eigenvalue weighted by Gasteiger charge is 2.19. The lowest BCUT2D eigenvalue weighted by molar-refractivity contribution is -0.126. The average Bonchev–Trinajstić information content (AvgIpc) is 2.61. The molecule has 1 rings (SSSR count). The largest absolute Gasteiger partial charge is 0.284 e. The Hall–Kier alpha value is -0.910. The van der Waals surface area contributed by atoms with E-state index in [9.17, 15) is 9.59 Å². The number of hydrogen-bond donors (Lipinski definition) is 1. The number of aryl methyl sites for hydroxylation is 1. The van der Waals surface area contributed by atoms with Gasteiger partial charge in [0.25, 0.3) is 11.8 Å². The van der Waals surface area contributed by atoms with Gasteiger partial charge in [0.15, 0.2) is 0 Å². The van der Waals surface area contributed by atoms with E-state index >= 15 is 0 Å². The molecule has 0 fully saturated rings. The van der Waals surface area contributed by atoms with Gasteiger partial charge in [-0.15, -0.1) is 22.9 Å². The van der Waals surface area contributed by atoms with Crippen molar-refractivity contribution in [2.75, 3.05) is 5.88 Å². The predicted molar refractivity (Wildman–Crippen MR) is 55.1 cm³/mol. The highest BCUT2D eigenvalue weighted by Crippen LogP contribution is 2.14. The Morgan fingerprint density at radius 2 is 2.29 bits per heavy atom. The molecule has 0 atom stereocenters. The molecule has 1 aromatic heterocycles. The van der Waals surface area contributed by atoms with Crippen LogP contribution in [-0.4, -0.2) is 22.7 Å². The summed E-state index contributed by atoms with van der Waals surface area (Å²) in [5, 5.41) is 2.35. The van der Waals surface area contributed by atoms with E-state index < -0.39 is 11.8 Å². The summed E-state index contributed by atoms with van der Waals surface area (Å²) in [4.78, 5) is 22.9. The third-order valence-electron chi connectivity index (χ3n) is 1.54. The van der Waals surface area contributed by atoms with E-state index in [1.54, 1.807) is 6.07 Å². The van der Waals surface area contributed by atoms with Crippen LogP contribution in [0.1, 0.15) is 15.2 Å². The molecule has 1 aromatic rings. The Bertz CT molecular complexity index is 364. The number of nitrogens with zero attached hydrogens (tertiary/aromatic N) is 1. The second-order valence-electron chi connectivity index (χ2n) is 2.69. The predicted octanol–water partition coefficient (Wildman–Crippen LogP) is 1.14. The van der Waals surface area contributed by atoms with Crippen molar-refractivity contribution < 1.29 is 9.59 Å². The number of hydrazine groups is 1. The normalized spacial score (nSPS) is 9.93. The van der Waals surface area contributed by atoms with E-state index in [-0.39, 0.29) is 5.88 Å². The first-order chi connectivity index (χ1) is 6.56. The first kappa shape index (κ1) is 11.2. The lowest BCUT2D eigenvalue weighted by Crippen LogP contribution is -2.43. The number of nitrogens with two attached hydrogens (primary N) is 1. The molecule has 0 spiro atoms. The van der Waals surface area contributed by atoms with Gasteiger partial charge >= 0.3 is 0 Å². The molecule has 0 aliphatic rings. The summed E-state index contributed by atoms with van der Waals surface area (Å²) >= 11 is 6.51. The molecule has 4 nitrogen and oxygen atoms in total. The van der Waals surface area contributed by atoms with E-state index in [2.05, 4.69) is 0 Å². The van der Waals surface area contributed by atoms with Gasteiger partial charge in [0, 0.05) is 0 Å². The highest BCUT2D eigenvalue weighted by atomic mass is 35.5. The van der Waals surface area contributed by atoms with Crippen molar-refractivity contribution in [3.05, 3.63) is 21.9 Å². The Kier molecular flexibility index (Phi) is 3.62. The van der Waals surface area contributed by atoms with Crippen LogP contribution in [0.25, 0.3) is 0 Å². The quantitative estimate of drug-likeness (QED) is 0.360. The fourth-order valence-electron chi connectivity index (χ4n) is 0.840. The van der Waals surface area contributed by atoms with Gasteiger partial charge in [-0.1, -0.05) is 0 Å². The molecule has 0 unspecified atom stereocenters. The van der Waals surface area contributed by atoms with Gasteiger partial charge in [0.1, 0.15) is 5.88 Å². The number of imide groups is 1. The molecular weight excluding hydrogens is 224 g/mol. The Labute approximate surface area is 90.2 Å². The summed E-state index contributed by atoms with van der Waals surface area (Å²) in [7, 11) is 0. The van der Waals surface area contributed by atoms with Gasteiger partial charge in [-0.25, -0.2) is 10.9 Å². The Morgan fingerprint density at radius 3 is 2.71 bits per heavy atom. The fraction of sp³-hybridized carbons (Fsp3) is 0.250. The minimum absolute atomic E-state index is 0.299. The van der Waals surface area contributed by atoms with Crippen molar-refractivity contribution >= 4 is 34.8 Å². The molecule has 0 bridgehead atoms. The molecule has 76 valence electrons. The number of alkyl halides is 1. The van der Waals surface area contributed by atoms with Crippen molar-refractivity contribution in [2.24, 2.45) is 5.84 Å². The number of hydrogen-bond acceptors (Lipinski definition) is 4. The van der Waals surface area contributed by atoms with Crippen molar-refractivity contribution in [2.45, 2.75) is 6.92 Å². The second kappa shape index (κ2) is 4.54. The van der Waals surface area contributed by atoms with E-state index in [4.69, 9.17) is 17.4 Å². The average molecular weight is 233 g/mol. The summed E-state index contributed by atoms with van der Waals surface area (Å²) in [6, 6.07) is 1.67. The number of carbonyl (C=O) groups is 2. The molecule has 0 aliphatic heterocycles. The van der Waals surface area contributed by atoms with Gasteiger partial charge < -0.3 is 0 Å². The second-order valence-corrected chi connectivity index (χ2v) is 3.87. The Morgan fingerprint density at radius 1 is 1.64 bits per heavy atom. The number of amides is 2. The number of carbonyl (C=O) groups excluding carboxylic acids is 2. The Balaban J connectivity index is 2.80. The lowest BCUT2D eigenvalue weighted by Gasteiger charge is -2.11. The number of thiophene rings is 1. The minimum atomic E-state index is -0.609. The van der Waals surface area contributed by atoms with Crippen LogP contribution in [0.4, 0.5) is 0 Å². The molecule has 14 heavy (non-hydrogen) atoms. The van der Waals surface area contributed by atoms with Crippen LogP contribution in [0.3, 0.4) is 0 Å². The zero-order valence-corrected chi connectivity index (χ0v) is 9.06. The smallest absolute Gasteiger partial charge is 0.272 e. The first-order valence-corrected chi connectivity index (χ1v) is 5.20. The van der Waals surface area contributed by atoms with Crippen LogP contribution in [0.15, 0.2) is 11.4 Å². The van der Waals surface area contributed by atoms with Gasteiger partial charge in [-0.05, 0) is 23.9 Å². The van der Waals surface area contributed by atoms with Gasteiger partial charge in [-0.3, -0.25) is 9.59 Å². The van der Waals surface area contributed by atoms with Gasteiger partial charge in [-0.2, -0.15) is 0 Å². The zero-order chi connectivity index (χ0) is 10.7. The maximum Gasteiger partial charge on any atom is 0.284 e. The van der Waals surface area contributed by atoms with Crippen LogP contribution < -0.4 is 5.84 Å². The van der Waals surface area contributed by atoms with Crippen LogP contribution in [-0.2, 0) is 4.79 Å². The van der Waals surface area contributed by atoms with E-state index in [1.807, 2.05) is 12.3 Å². The van der Waals surface area contributed by atoms with Crippen LogP contribution >= 0.6 is 22.9 Å². The molecule has 2 N–H and O–H groups in total. The summed E-state index contributed by atoms with van der Waals surface area (Å²) in [6.45, 7) is 1.86. The topological polar surface area (TPSA) is 63.4 Å². The van der Waals surface area contributed by atoms with Gasteiger partial charge in [0.2, 0.25) is 0 Å². The summed E-state index contributed by atoms with van der Waals surface area (Å²) in [5.41, 5.74) is 0.963. The molecule has 6 heteroatoms. The molecule has 0 radical (unpaired) electrons. The first-order valence-electron chi connectivity index (χ1n) is 3.79. The summed E-state index contributed by atoms with van der Waals surface area (Å²) in [6.07, 6.45) is 0. The number of halogens is 1. The lowest BCUT2D eigenvalue weighted by atomic mass is 10.3. The zero-order valence-electron chi connectivity index (χ0n) is 7.49. The molecular formula is C8H9ClN2O2S. The SMILES string of the molecule is Cc1csc(C(=O)N(N)C(=O)CCl)c1. The van der Waals surface area contributed by atoms with Crippen molar-refractivity contribution in [3.63, 3.8) is 0 Å². The van der Waals surface area contributed by atoms with Crippen LogP contribution in [0.2, 0.25) is 0 Å². The molecule has 0 aliphatic carbocycles. The van der Waals surface area contributed by atoms with Crippen molar-refractivity contribution in [1.82, 2.24) is 5.01 Å². The maximum absolute atomic E-state index is 11.5. The molecule has 1 heterocycles. The summed E-state index contributed by atoms with van der Waals surface area (Å²) in [5.74, 6) is 3.84. The van der Waals surface area contributed by atoms with E-state index in [0.717, 1.165) is 5.56 Å². The van der Waals surface area contributed by atoms with Gasteiger partial charge in [0.05, 0.1) is 4.88 Å². The fourth-order valence-corrected chi connectivity index (χ4v) is 1.80. The van der Waals surface area contributed by atoms with Crippen molar-refractivity contribution in [1.29, 1.82) is 0 Å². The third-order valence-corrected chi connectivity index (χ3v) is 2.81. The van der Waals surface area contributed by atoms with Crippen molar-refractivity contribution in [3.8, 4) is 0 Å². The molecule has 0 saturated carbocycles. The van der Waals surface area contributed by atoms with E-state index in [0.29, 0.717) is 9.89 Å². The number of rotatable bonds is 2. The minimum Gasteiger partial charge on any atom is -0.272 e.